The van der Waals surface area contributed by atoms with Gasteiger partial charge < -0.3 is 9.13 Å². The van der Waals surface area contributed by atoms with Crippen molar-refractivity contribution in [3.63, 3.8) is 0 Å². The van der Waals surface area contributed by atoms with Gasteiger partial charge in [0.2, 0.25) is 0 Å². The van der Waals surface area contributed by atoms with Crippen molar-refractivity contribution in [3.8, 4) is 11.4 Å². The smallest absolute Gasteiger partial charge is 0.261 e. The fourth-order valence-corrected chi connectivity index (χ4v) is 9.30. The van der Waals surface area contributed by atoms with Gasteiger partial charge in [0.25, 0.3) is 23.6 Å². The summed E-state index contributed by atoms with van der Waals surface area (Å²) in [6.45, 7) is 0. The minimum atomic E-state index is -0.627. The zero-order valence-corrected chi connectivity index (χ0v) is 28.4. The lowest BCUT2D eigenvalue weighted by Gasteiger charge is -2.32. The van der Waals surface area contributed by atoms with Crippen LogP contribution in [0.5, 0.6) is 0 Å². The number of aromatic nitrogens is 2. The Labute approximate surface area is 303 Å². The second-order valence-corrected chi connectivity index (χ2v) is 14.2. The van der Waals surface area contributed by atoms with Crippen LogP contribution in [0.2, 0.25) is 0 Å². The van der Waals surface area contributed by atoms with Crippen LogP contribution in [0, 0.1) is 0 Å². The standard InChI is InChI=1S/C45H30N4O4/c50-42-32-22-20-26(46-36-14-5-1-10-28(36)29-11-2-6-15-37(29)46)24-34(32)44(52)48(42)40-18-9-19-41(40)49-43(51)33-23-21-27(25-35(33)45(49)53)47-38-16-7-3-12-30(38)31-13-4-8-17-39(31)47/h1-8,10-17,20-25,40-41H,9,18-19H2. The van der Waals surface area contributed by atoms with Gasteiger partial charge in [-0.1, -0.05) is 72.8 Å². The molecule has 2 aliphatic heterocycles. The second-order valence-electron chi connectivity index (χ2n) is 14.2. The molecule has 53 heavy (non-hydrogen) atoms. The summed E-state index contributed by atoms with van der Waals surface area (Å²) in [6, 6.07) is 42.2. The average molecular weight is 691 g/mol. The van der Waals surface area contributed by atoms with Crippen LogP contribution >= 0.6 is 0 Å². The largest absolute Gasteiger partial charge is 0.309 e. The van der Waals surface area contributed by atoms with E-state index in [2.05, 4.69) is 57.7 Å². The van der Waals surface area contributed by atoms with Crippen molar-refractivity contribution < 1.29 is 19.2 Å². The molecule has 4 amide bonds. The van der Waals surface area contributed by atoms with Crippen molar-refractivity contribution in [1.29, 1.82) is 0 Å². The SMILES string of the molecule is O=C1c2ccc(-n3c4ccccc4c4ccccc43)cc2C(=O)N1C1CCCC1N1C(=O)c2ccc(-n3c4ccccc4c4ccccc43)cc2C1=O. The monoisotopic (exact) mass is 690 g/mol. The highest BCUT2D eigenvalue weighted by molar-refractivity contribution is 6.24. The Kier molecular flexibility index (Phi) is 6.12. The van der Waals surface area contributed by atoms with Crippen LogP contribution in [0.4, 0.5) is 0 Å². The van der Waals surface area contributed by atoms with Gasteiger partial charge in [-0.3, -0.25) is 29.0 Å². The quantitative estimate of drug-likeness (QED) is 0.173. The molecule has 1 saturated carbocycles. The predicted molar refractivity (Wildman–Crippen MR) is 204 cm³/mol. The van der Waals surface area contributed by atoms with Gasteiger partial charge in [0.15, 0.2) is 0 Å². The highest BCUT2D eigenvalue weighted by atomic mass is 16.2. The lowest BCUT2D eigenvalue weighted by Crippen LogP contribution is -2.52. The third-order valence-corrected chi connectivity index (χ3v) is 11.6. The van der Waals surface area contributed by atoms with Crippen LogP contribution in [0.3, 0.4) is 0 Å². The first-order valence-corrected chi connectivity index (χ1v) is 18.0. The van der Waals surface area contributed by atoms with Crippen LogP contribution in [-0.2, 0) is 0 Å². The Hall–Kier alpha value is -6.80. The first kappa shape index (κ1) is 29.9. The minimum absolute atomic E-state index is 0.332. The molecule has 2 aromatic heterocycles. The van der Waals surface area contributed by atoms with E-state index in [-0.39, 0.29) is 11.8 Å². The van der Waals surface area contributed by atoms with Gasteiger partial charge in [0.1, 0.15) is 0 Å². The molecule has 254 valence electrons. The first-order valence-electron chi connectivity index (χ1n) is 18.0. The molecule has 6 aromatic carbocycles. The molecule has 8 aromatic rings. The molecule has 3 aliphatic rings. The molecular formula is C45H30N4O4. The van der Waals surface area contributed by atoms with Crippen molar-refractivity contribution in [2.75, 3.05) is 0 Å². The molecule has 1 fully saturated rings. The van der Waals surface area contributed by atoms with E-state index in [1.54, 1.807) is 24.3 Å². The summed E-state index contributed by atoms with van der Waals surface area (Å²) in [5.41, 5.74) is 6.92. The molecule has 4 heterocycles. The van der Waals surface area contributed by atoms with Crippen LogP contribution in [-0.4, -0.2) is 54.6 Å². The maximum atomic E-state index is 14.3. The molecule has 2 unspecified atom stereocenters. The fourth-order valence-electron chi connectivity index (χ4n) is 9.30. The van der Waals surface area contributed by atoms with Gasteiger partial charge >= 0.3 is 0 Å². The maximum Gasteiger partial charge on any atom is 0.261 e. The number of carbonyl (C=O) groups excluding carboxylic acids is 4. The van der Waals surface area contributed by atoms with Crippen molar-refractivity contribution >= 4 is 67.2 Å². The number of fused-ring (bicyclic) bond motifs is 8. The van der Waals surface area contributed by atoms with E-state index >= 15 is 0 Å². The molecule has 8 nitrogen and oxygen atoms in total. The number of rotatable bonds is 4. The van der Waals surface area contributed by atoms with E-state index in [0.717, 1.165) is 55.0 Å². The Morgan fingerprint density at radius 1 is 0.377 bits per heavy atom. The summed E-state index contributed by atoms with van der Waals surface area (Å²) in [6.07, 6.45) is 1.70. The van der Waals surface area contributed by atoms with Gasteiger partial charge in [-0.2, -0.15) is 0 Å². The van der Waals surface area contributed by atoms with Crippen LogP contribution < -0.4 is 0 Å². The molecule has 11 rings (SSSR count). The number of amides is 4. The molecule has 2 atom stereocenters. The third-order valence-electron chi connectivity index (χ3n) is 11.6. The third kappa shape index (κ3) is 4.00. The highest BCUT2D eigenvalue weighted by Crippen LogP contribution is 2.40. The van der Waals surface area contributed by atoms with Crippen molar-refractivity contribution in [2.24, 2.45) is 0 Å². The van der Waals surface area contributed by atoms with E-state index in [1.807, 2.05) is 60.7 Å². The molecule has 0 N–H and O–H groups in total. The normalized spacial score (nSPS) is 18.4. The number of benzene rings is 6. The summed E-state index contributed by atoms with van der Waals surface area (Å²) < 4.78 is 4.24. The number of para-hydroxylation sites is 4. The summed E-state index contributed by atoms with van der Waals surface area (Å²) in [5, 5.41) is 4.41. The van der Waals surface area contributed by atoms with Crippen molar-refractivity contribution in [1.82, 2.24) is 18.9 Å². The molecule has 0 bridgehead atoms. The van der Waals surface area contributed by atoms with E-state index in [9.17, 15) is 19.2 Å². The minimum Gasteiger partial charge on any atom is -0.309 e. The molecule has 0 saturated heterocycles. The maximum absolute atomic E-state index is 14.3. The lowest BCUT2D eigenvalue weighted by atomic mass is 10.1. The van der Waals surface area contributed by atoms with E-state index in [1.165, 1.54) is 9.80 Å². The Balaban J connectivity index is 0.941. The molecule has 8 heteroatoms. The Bertz CT molecular complexity index is 2650. The van der Waals surface area contributed by atoms with Crippen LogP contribution in [0.25, 0.3) is 55.0 Å². The summed E-state index contributed by atoms with van der Waals surface area (Å²) in [7, 11) is 0. The highest BCUT2D eigenvalue weighted by Gasteiger charge is 2.51. The molecule has 1 aliphatic carbocycles. The Morgan fingerprint density at radius 3 is 1.06 bits per heavy atom. The van der Waals surface area contributed by atoms with E-state index in [0.29, 0.717) is 41.5 Å². The first-order chi connectivity index (χ1) is 26.0. The number of imide groups is 2. The van der Waals surface area contributed by atoms with Crippen LogP contribution in [0.1, 0.15) is 60.7 Å². The van der Waals surface area contributed by atoms with E-state index in [4.69, 9.17) is 0 Å². The topological polar surface area (TPSA) is 84.6 Å². The second kappa shape index (κ2) is 10.9. The van der Waals surface area contributed by atoms with Gasteiger partial charge in [-0.15, -0.1) is 0 Å². The van der Waals surface area contributed by atoms with Crippen molar-refractivity contribution in [2.45, 2.75) is 31.3 Å². The van der Waals surface area contributed by atoms with Gasteiger partial charge in [-0.05, 0) is 79.9 Å². The van der Waals surface area contributed by atoms with E-state index < -0.39 is 23.9 Å². The zero-order chi connectivity index (χ0) is 35.5. The number of carbonyl (C=O) groups is 4. The number of nitrogens with zero attached hydrogens (tertiary/aromatic N) is 4. The Morgan fingerprint density at radius 2 is 0.698 bits per heavy atom. The predicted octanol–water partition coefficient (Wildman–Crippen LogP) is 8.69. The van der Waals surface area contributed by atoms with Gasteiger partial charge in [0, 0.05) is 32.9 Å². The summed E-state index contributed by atoms with van der Waals surface area (Å²) in [4.78, 5) is 59.3. The summed E-state index contributed by atoms with van der Waals surface area (Å²) >= 11 is 0. The number of hydrogen-bond donors (Lipinski definition) is 0. The lowest BCUT2D eigenvalue weighted by molar-refractivity contribution is 0.0403. The molecule has 0 radical (unpaired) electrons. The number of hydrogen-bond acceptors (Lipinski definition) is 4. The molecule has 0 spiro atoms. The van der Waals surface area contributed by atoms with Gasteiger partial charge in [-0.25, -0.2) is 0 Å². The van der Waals surface area contributed by atoms with Gasteiger partial charge in [0.05, 0.1) is 56.4 Å². The zero-order valence-electron chi connectivity index (χ0n) is 28.4. The average Bonchev–Trinajstić information content (AvgIpc) is 3.98. The summed E-state index contributed by atoms with van der Waals surface area (Å²) in [5.74, 6) is -1.56. The molecular weight excluding hydrogens is 661 g/mol. The van der Waals surface area contributed by atoms with Crippen LogP contribution in [0.15, 0.2) is 133 Å². The fraction of sp³-hybridized carbons (Fsp3) is 0.111. The van der Waals surface area contributed by atoms with Crippen molar-refractivity contribution in [3.05, 3.63) is 156 Å².